The van der Waals surface area contributed by atoms with E-state index in [9.17, 15) is 9.59 Å². The molecule has 0 aromatic heterocycles. The predicted octanol–water partition coefficient (Wildman–Crippen LogP) is 5.05. The fourth-order valence-corrected chi connectivity index (χ4v) is 4.19. The highest BCUT2D eigenvalue weighted by atomic mass is 35.5. The van der Waals surface area contributed by atoms with Crippen molar-refractivity contribution >= 4 is 75.1 Å². The highest BCUT2D eigenvalue weighted by Crippen LogP contribution is 2.34. The maximum atomic E-state index is 12.7. The van der Waals surface area contributed by atoms with Crippen LogP contribution in [0, 0.1) is 0 Å². The zero-order valence-electron chi connectivity index (χ0n) is 14.6. The molecule has 1 heterocycles. The minimum atomic E-state index is -0.467. The van der Waals surface area contributed by atoms with Crippen molar-refractivity contribution in [1.29, 1.82) is 0 Å². The molecular weight excluding hydrogens is 439 g/mol. The number of anilines is 1. The van der Waals surface area contributed by atoms with Gasteiger partial charge in [-0.2, -0.15) is 0 Å². The Hall–Kier alpha value is -2.06. The van der Waals surface area contributed by atoms with Gasteiger partial charge < -0.3 is 10.1 Å². The number of nitrogens with one attached hydrogen (secondary N) is 1. The summed E-state index contributed by atoms with van der Waals surface area (Å²) in [6.07, 6.45) is 1.68. The van der Waals surface area contributed by atoms with Crippen LogP contribution < -0.4 is 5.32 Å². The van der Waals surface area contributed by atoms with E-state index in [4.69, 9.17) is 40.2 Å². The third-order valence-corrected chi connectivity index (χ3v) is 5.82. The number of amides is 1. The molecule has 1 N–H and O–H groups in total. The first-order valence-electron chi connectivity index (χ1n) is 8.02. The second kappa shape index (κ2) is 8.96. The summed E-state index contributed by atoms with van der Waals surface area (Å²) < 4.78 is 5.18. The van der Waals surface area contributed by atoms with Gasteiger partial charge in [-0.3, -0.25) is 9.69 Å². The molecule has 1 aliphatic heterocycles. The average Bonchev–Trinajstić information content (AvgIpc) is 2.95. The van der Waals surface area contributed by atoms with Crippen molar-refractivity contribution in [1.82, 2.24) is 4.90 Å². The number of halogens is 2. The van der Waals surface area contributed by atoms with Gasteiger partial charge in [0.2, 0.25) is 0 Å². The normalized spacial score (nSPS) is 15.2. The Labute approximate surface area is 181 Å². The van der Waals surface area contributed by atoms with Gasteiger partial charge in [-0.15, -0.1) is 0 Å². The number of rotatable bonds is 5. The molecule has 0 radical (unpaired) electrons. The SMILES string of the molecule is COC(=O)c1ccccc1NCN1C(=O)/C(=C\c2ccc(Cl)cc2Cl)SC1=S. The molecule has 1 aliphatic rings. The van der Waals surface area contributed by atoms with Crippen LogP contribution in [0.4, 0.5) is 5.69 Å². The Morgan fingerprint density at radius 1 is 1.29 bits per heavy atom. The fourth-order valence-electron chi connectivity index (χ4n) is 2.49. The molecule has 0 atom stereocenters. The van der Waals surface area contributed by atoms with E-state index in [1.54, 1.807) is 48.5 Å². The van der Waals surface area contributed by atoms with Crippen LogP contribution in [0.3, 0.4) is 0 Å². The second-order valence-electron chi connectivity index (χ2n) is 5.65. The number of benzene rings is 2. The van der Waals surface area contributed by atoms with Crippen molar-refractivity contribution in [2.45, 2.75) is 0 Å². The molecule has 2 aromatic carbocycles. The number of hydrogen-bond acceptors (Lipinski definition) is 6. The van der Waals surface area contributed by atoms with Crippen molar-refractivity contribution in [2.75, 3.05) is 19.1 Å². The number of esters is 1. The van der Waals surface area contributed by atoms with Crippen molar-refractivity contribution in [3.63, 3.8) is 0 Å². The number of carbonyl (C=O) groups is 2. The Morgan fingerprint density at radius 2 is 2.04 bits per heavy atom. The molecule has 0 spiro atoms. The molecule has 144 valence electrons. The van der Waals surface area contributed by atoms with Gasteiger partial charge in [-0.1, -0.05) is 65.4 Å². The van der Waals surface area contributed by atoms with E-state index in [1.165, 1.54) is 23.8 Å². The first-order valence-corrected chi connectivity index (χ1v) is 10.0. The van der Waals surface area contributed by atoms with Gasteiger partial charge >= 0.3 is 5.97 Å². The lowest BCUT2D eigenvalue weighted by Crippen LogP contribution is -2.33. The van der Waals surface area contributed by atoms with E-state index in [1.807, 2.05) is 0 Å². The Kier molecular flexibility index (Phi) is 6.61. The maximum Gasteiger partial charge on any atom is 0.339 e. The second-order valence-corrected chi connectivity index (χ2v) is 8.17. The van der Waals surface area contributed by atoms with E-state index in [-0.39, 0.29) is 12.6 Å². The smallest absolute Gasteiger partial charge is 0.339 e. The lowest BCUT2D eigenvalue weighted by atomic mass is 10.2. The van der Waals surface area contributed by atoms with Crippen molar-refractivity contribution in [3.8, 4) is 0 Å². The minimum Gasteiger partial charge on any atom is -0.465 e. The zero-order valence-corrected chi connectivity index (χ0v) is 17.7. The summed E-state index contributed by atoms with van der Waals surface area (Å²) >= 11 is 18.6. The molecular formula is C19H14Cl2N2O3S2. The van der Waals surface area contributed by atoms with Gasteiger partial charge in [0.15, 0.2) is 0 Å². The first kappa shape index (κ1) is 20.7. The predicted molar refractivity (Wildman–Crippen MR) is 118 cm³/mol. The highest BCUT2D eigenvalue weighted by molar-refractivity contribution is 8.26. The van der Waals surface area contributed by atoms with Gasteiger partial charge in [-0.05, 0) is 35.9 Å². The van der Waals surface area contributed by atoms with Crippen molar-refractivity contribution < 1.29 is 14.3 Å². The lowest BCUT2D eigenvalue weighted by molar-refractivity contribution is -0.121. The topological polar surface area (TPSA) is 58.6 Å². The molecule has 0 bridgehead atoms. The van der Waals surface area contributed by atoms with Gasteiger partial charge in [0.1, 0.15) is 4.32 Å². The first-order chi connectivity index (χ1) is 13.4. The van der Waals surface area contributed by atoms with Gasteiger partial charge in [0, 0.05) is 10.0 Å². The molecule has 1 amide bonds. The van der Waals surface area contributed by atoms with E-state index in [2.05, 4.69) is 5.32 Å². The third-order valence-electron chi connectivity index (χ3n) is 3.88. The molecule has 5 nitrogen and oxygen atoms in total. The Bertz CT molecular complexity index is 995. The van der Waals surface area contributed by atoms with Crippen LogP contribution in [0.15, 0.2) is 47.4 Å². The van der Waals surface area contributed by atoms with Gasteiger partial charge in [0.05, 0.1) is 29.9 Å². The van der Waals surface area contributed by atoms with E-state index in [0.717, 1.165) is 0 Å². The lowest BCUT2D eigenvalue weighted by Gasteiger charge is -2.17. The number of thioether (sulfide) groups is 1. The number of methoxy groups -OCH3 is 1. The van der Waals surface area contributed by atoms with Gasteiger partial charge in [0.25, 0.3) is 5.91 Å². The van der Waals surface area contributed by atoms with Crippen LogP contribution in [0.1, 0.15) is 15.9 Å². The summed E-state index contributed by atoms with van der Waals surface area (Å²) in [5, 5.41) is 4.03. The largest absolute Gasteiger partial charge is 0.465 e. The summed E-state index contributed by atoms with van der Waals surface area (Å²) in [6, 6.07) is 11.9. The molecule has 3 rings (SSSR count). The van der Waals surface area contributed by atoms with E-state index < -0.39 is 5.97 Å². The zero-order chi connectivity index (χ0) is 20.3. The molecule has 0 aliphatic carbocycles. The fraction of sp³-hybridized carbons (Fsp3) is 0.105. The van der Waals surface area contributed by atoms with Crippen LogP contribution >= 0.6 is 47.2 Å². The van der Waals surface area contributed by atoms with Gasteiger partial charge in [-0.25, -0.2) is 4.79 Å². The summed E-state index contributed by atoms with van der Waals surface area (Å²) in [6.45, 7) is 0.115. The third kappa shape index (κ3) is 4.50. The number of nitrogens with zero attached hydrogens (tertiary/aromatic N) is 1. The number of hydrogen-bond donors (Lipinski definition) is 1. The maximum absolute atomic E-state index is 12.7. The molecule has 0 saturated carbocycles. The van der Waals surface area contributed by atoms with Crippen molar-refractivity contribution in [3.05, 3.63) is 68.5 Å². The summed E-state index contributed by atoms with van der Waals surface area (Å²) in [5.41, 5.74) is 1.60. The standard InChI is InChI=1S/C19H14Cl2N2O3S2/c1-26-18(25)13-4-2-3-5-15(13)22-10-23-17(24)16(28-19(23)27)8-11-6-7-12(20)9-14(11)21/h2-9,22H,10H2,1H3/b16-8+. The van der Waals surface area contributed by atoms with E-state index >= 15 is 0 Å². The van der Waals surface area contributed by atoms with Crippen LogP contribution in [-0.2, 0) is 9.53 Å². The molecule has 28 heavy (non-hydrogen) atoms. The number of carbonyl (C=O) groups excluding carboxylic acids is 2. The summed E-state index contributed by atoms with van der Waals surface area (Å²) in [7, 11) is 1.31. The molecule has 1 saturated heterocycles. The number of ether oxygens (including phenoxy) is 1. The Morgan fingerprint density at radius 3 is 2.75 bits per heavy atom. The Balaban J connectivity index is 1.76. The van der Waals surface area contributed by atoms with Crippen LogP contribution in [-0.4, -0.2) is 34.9 Å². The molecule has 0 unspecified atom stereocenters. The molecule has 2 aromatic rings. The molecule has 1 fully saturated rings. The van der Waals surface area contributed by atoms with Crippen LogP contribution in [0.2, 0.25) is 10.0 Å². The monoisotopic (exact) mass is 452 g/mol. The number of para-hydroxylation sites is 1. The number of thiocarbonyl (C=S) groups is 1. The van der Waals surface area contributed by atoms with Crippen molar-refractivity contribution in [2.24, 2.45) is 0 Å². The van der Waals surface area contributed by atoms with Crippen LogP contribution in [0.5, 0.6) is 0 Å². The summed E-state index contributed by atoms with van der Waals surface area (Å²) in [5.74, 6) is -0.713. The summed E-state index contributed by atoms with van der Waals surface area (Å²) in [4.78, 5) is 26.5. The quantitative estimate of drug-likeness (QED) is 0.389. The molecule has 9 heteroatoms. The highest BCUT2D eigenvalue weighted by Gasteiger charge is 2.32. The van der Waals surface area contributed by atoms with E-state index in [0.29, 0.717) is 36.1 Å². The van der Waals surface area contributed by atoms with Crippen LogP contribution in [0.25, 0.3) is 6.08 Å². The average molecular weight is 453 g/mol. The minimum absolute atomic E-state index is 0.115.